The minimum absolute atomic E-state index is 0.622. The molecule has 48 valence electrons. The number of hydrogen-bond acceptors (Lipinski definition) is 3. The molecule has 0 rings (SSSR count). The Bertz CT molecular complexity index is 84.1. The van der Waals surface area contributed by atoms with E-state index in [1.165, 1.54) is 10.8 Å². The van der Waals surface area contributed by atoms with E-state index in [2.05, 4.69) is 11.9 Å². The van der Waals surface area contributed by atoms with Gasteiger partial charge in [-0.2, -0.15) is 0 Å². The molecule has 0 saturated heterocycles. The second kappa shape index (κ2) is 5.79. The van der Waals surface area contributed by atoms with Gasteiger partial charge in [-0.1, -0.05) is 29.3 Å². The summed E-state index contributed by atoms with van der Waals surface area (Å²) in [4.78, 5) is 3.75. The summed E-state index contributed by atoms with van der Waals surface area (Å²) >= 11 is 5.54. The summed E-state index contributed by atoms with van der Waals surface area (Å²) in [7, 11) is 4.89. The van der Waals surface area contributed by atoms with Crippen LogP contribution in [0.15, 0.2) is 4.99 Å². The first-order valence-corrected chi connectivity index (χ1v) is 4.92. The third-order valence-corrected chi connectivity index (χ3v) is 3.30. The Morgan fingerprint density at radius 3 is 2.75 bits per heavy atom. The molecule has 0 N–H and O–H groups in total. The van der Waals surface area contributed by atoms with Crippen molar-refractivity contribution in [3.63, 3.8) is 0 Å². The van der Waals surface area contributed by atoms with Crippen molar-refractivity contribution in [1.82, 2.24) is 0 Å². The molecule has 0 aliphatic rings. The predicted octanol–water partition coefficient (Wildman–Crippen LogP) is 2.61. The zero-order chi connectivity index (χ0) is 6.41. The van der Waals surface area contributed by atoms with E-state index < -0.39 is 0 Å². The van der Waals surface area contributed by atoms with Crippen molar-refractivity contribution in [2.24, 2.45) is 4.99 Å². The molecule has 0 aromatic carbocycles. The van der Waals surface area contributed by atoms with Crippen molar-refractivity contribution >= 4 is 37.7 Å². The van der Waals surface area contributed by atoms with Crippen LogP contribution >= 0.6 is 33.2 Å². The molecule has 4 heteroatoms. The van der Waals surface area contributed by atoms with Crippen LogP contribution in [0.1, 0.15) is 6.92 Å². The Kier molecular flexibility index (Phi) is 6.27. The van der Waals surface area contributed by atoms with Gasteiger partial charge in [0, 0.05) is 12.8 Å². The molecule has 8 heavy (non-hydrogen) atoms. The second-order valence-electron chi connectivity index (χ2n) is 0.966. The smallest absolute Gasteiger partial charge is 0.168 e. The SMILES string of the molecule is CCSS/C(Cl)=N\C. The van der Waals surface area contributed by atoms with Gasteiger partial charge in [-0.05, 0) is 10.8 Å². The summed E-state index contributed by atoms with van der Waals surface area (Å²) in [6, 6.07) is 0. The number of aliphatic imine (C=N–C) groups is 1. The minimum Gasteiger partial charge on any atom is -0.270 e. The zero-order valence-electron chi connectivity index (χ0n) is 4.85. The lowest BCUT2D eigenvalue weighted by Gasteiger charge is -1.89. The fourth-order valence-electron chi connectivity index (χ4n) is 0.145. The summed E-state index contributed by atoms with van der Waals surface area (Å²) in [6.45, 7) is 2.08. The highest BCUT2D eigenvalue weighted by molar-refractivity contribution is 8.83. The van der Waals surface area contributed by atoms with E-state index in [4.69, 9.17) is 11.6 Å². The molecule has 0 heterocycles. The van der Waals surface area contributed by atoms with Gasteiger partial charge in [0.05, 0.1) is 0 Å². The molecule has 0 aliphatic heterocycles. The number of rotatable bonds is 2. The molecular formula is C4H8ClNS2. The molecule has 0 unspecified atom stereocenters. The highest BCUT2D eigenvalue weighted by atomic mass is 35.5. The maximum absolute atomic E-state index is 5.54. The van der Waals surface area contributed by atoms with Crippen LogP contribution in [0.2, 0.25) is 0 Å². The molecule has 0 fully saturated rings. The van der Waals surface area contributed by atoms with E-state index in [-0.39, 0.29) is 0 Å². The summed E-state index contributed by atoms with van der Waals surface area (Å²) in [5.41, 5.74) is 0. The van der Waals surface area contributed by atoms with E-state index in [0.29, 0.717) is 4.50 Å². The molecule has 1 nitrogen and oxygen atoms in total. The van der Waals surface area contributed by atoms with Crippen LogP contribution in [0.3, 0.4) is 0 Å². The van der Waals surface area contributed by atoms with Crippen LogP contribution in [-0.4, -0.2) is 17.3 Å². The average molecular weight is 170 g/mol. The predicted molar refractivity (Wildman–Crippen MR) is 44.9 cm³/mol. The molecule has 0 amide bonds. The van der Waals surface area contributed by atoms with Crippen LogP contribution in [0.5, 0.6) is 0 Å². The van der Waals surface area contributed by atoms with E-state index in [1.54, 1.807) is 17.8 Å². The van der Waals surface area contributed by atoms with Crippen molar-refractivity contribution in [2.45, 2.75) is 6.92 Å². The molecule has 0 radical (unpaired) electrons. The van der Waals surface area contributed by atoms with Crippen molar-refractivity contribution in [3.05, 3.63) is 0 Å². The lowest BCUT2D eigenvalue weighted by Crippen LogP contribution is -1.72. The van der Waals surface area contributed by atoms with Gasteiger partial charge in [-0.25, -0.2) is 0 Å². The molecule has 0 saturated carbocycles. The number of nitrogens with zero attached hydrogens (tertiary/aromatic N) is 1. The molecule has 0 bridgehead atoms. The summed E-state index contributed by atoms with van der Waals surface area (Å²) in [5, 5.41) is 0. The minimum atomic E-state index is 0.622. The van der Waals surface area contributed by atoms with Gasteiger partial charge in [-0.3, -0.25) is 4.99 Å². The van der Waals surface area contributed by atoms with Crippen LogP contribution in [0, 0.1) is 0 Å². The highest BCUT2D eigenvalue weighted by Crippen LogP contribution is 2.23. The molecule has 0 atom stereocenters. The highest BCUT2D eigenvalue weighted by Gasteiger charge is 1.89. The number of hydrogen-bond donors (Lipinski definition) is 0. The summed E-state index contributed by atoms with van der Waals surface area (Å²) < 4.78 is 0.622. The third-order valence-electron chi connectivity index (χ3n) is 0.421. The fourth-order valence-corrected chi connectivity index (χ4v) is 1.70. The van der Waals surface area contributed by atoms with Crippen molar-refractivity contribution in [1.29, 1.82) is 0 Å². The van der Waals surface area contributed by atoms with Crippen LogP contribution in [0.25, 0.3) is 0 Å². The van der Waals surface area contributed by atoms with Gasteiger partial charge < -0.3 is 0 Å². The third kappa shape index (κ3) is 4.81. The van der Waals surface area contributed by atoms with Crippen LogP contribution in [0.4, 0.5) is 0 Å². The van der Waals surface area contributed by atoms with Gasteiger partial charge >= 0.3 is 0 Å². The van der Waals surface area contributed by atoms with Crippen molar-refractivity contribution in [3.8, 4) is 0 Å². The Labute approximate surface area is 62.7 Å². The fraction of sp³-hybridized carbons (Fsp3) is 0.750. The van der Waals surface area contributed by atoms with Gasteiger partial charge in [-0.15, -0.1) is 0 Å². The van der Waals surface area contributed by atoms with Crippen molar-refractivity contribution in [2.75, 3.05) is 12.8 Å². The lowest BCUT2D eigenvalue weighted by molar-refractivity contribution is 1.48. The van der Waals surface area contributed by atoms with E-state index in [0.717, 1.165) is 5.75 Å². The van der Waals surface area contributed by atoms with E-state index in [1.807, 2.05) is 0 Å². The van der Waals surface area contributed by atoms with Crippen molar-refractivity contribution < 1.29 is 0 Å². The second-order valence-corrected chi connectivity index (χ2v) is 4.12. The van der Waals surface area contributed by atoms with Crippen LogP contribution < -0.4 is 0 Å². The summed E-state index contributed by atoms with van der Waals surface area (Å²) in [6.07, 6.45) is 0. The largest absolute Gasteiger partial charge is 0.270 e. The van der Waals surface area contributed by atoms with Gasteiger partial charge in [0.2, 0.25) is 0 Å². The maximum Gasteiger partial charge on any atom is 0.168 e. The standard InChI is InChI=1S/C4H8ClNS2/c1-3-7-8-4(5)6-2/h3H2,1-2H3/b6-4-. The Morgan fingerprint density at radius 1 is 1.75 bits per heavy atom. The molecule has 0 aliphatic carbocycles. The topological polar surface area (TPSA) is 12.4 Å². The molecule has 0 aromatic rings. The van der Waals surface area contributed by atoms with Gasteiger partial charge in [0.25, 0.3) is 0 Å². The molecular weight excluding hydrogens is 162 g/mol. The quantitative estimate of drug-likeness (QED) is 0.358. The first kappa shape index (κ1) is 8.66. The molecule has 0 spiro atoms. The first-order valence-electron chi connectivity index (χ1n) is 2.23. The Hall–Kier alpha value is 0.660. The van der Waals surface area contributed by atoms with E-state index in [9.17, 15) is 0 Å². The maximum atomic E-state index is 5.54. The molecule has 0 aromatic heterocycles. The monoisotopic (exact) mass is 169 g/mol. The van der Waals surface area contributed by atoms with Gasteiger partial charge in [0.15, 0.2) is 4.50 Å². The normalized spacial score (nSPS) is 12.1. The van der Waals surface area contributed by atoms with Crippen LogP contribution in [-0.2, 0) is 0 Å². The lowest BCUT2D eigenvalue weighted by atomic mass is 11.0. The number of halogens is 1. The summed E-state index contributed by atoms with van der Waals surface area (Å²) in [5.74, 6) is 1.07. The van der Waals surface area contributed by atoms with Gasteiger partial charge in [0.1, 0.15) is 0 Å². The average Bonchev–Trinajstić information content (AvgIpc) is 1.83. The van der Waals surface area contributed by atoms with E-state index >= 15 is 0 Å². The first-order chi connectivity index (χ1) is 3.81. The zero-order valence-corrected chi connectivity index (χ0v) is 7.24. The Balaban J connectivity index is 3.12. The Morgan fingerprint density at radius 2 is 2.38 bits per heavy atom.